The van der Waals surface area contributed by atoms with Crippen LogP contribution in [0.1, 0.15) is 44.9 Å². The van der Waals surface area contributed by atoms with Crippen molar-refractivity contribution in [3.05, 3.63) is 24.3 Å². The molecule has 2 amide bonds. The van der Waals surface area contributed by atoms with Gasteiger partial charge in [-0.05, 0) is 37.2 Å². The highest BCUT2D eigenvalue weighted by Crippen LogP contribution is 2.37. The molecule has 1 aliphatic heterocycles. The first-order valence-corrected chi connectivity index (χ1v) is 9.84. The zero-order valence-electron chi connectivity index (χ0n) is 15.7. The van der Waals surface area contributed by atoms with Crippen molar-refractivity contribution in [2.45, 2.75) is 45.1 Å². The Morgan fingerprint density at radius 1 is 1.30 bits per heavy atom. The van der Waals surface area contributed by atoms with Crippen molar-refractivity contribution in [2.24, 2.45) is 11.8 Å². The summed E-state index contributed by atoms with van der Waals surface area (Å²) in [6.07, 6.45) is 7.05. The number of carbonyl (C=O) groups is 1. The molecule has 2 fully saturated rings. The number of amides is 2. The molecule has 4 heterocycles. The average molecular weight is 367 g/mol. The maximum absolute atomic E-state index is 12.7. The topological polar surface area (TPSA) is 91.2 Å². The summed E-state index contributed by atoms with van der Waals surface area (Å²) < 4.78 is 2.09. The number of nitrogens with zero attached hydrogens (tertiary/aromatic N) is 5. The summed E-state index contributed by atoms with van der Waals surface area (Å²) in [7, 11) is 0. The quantitative estimate of drug-likeness (QED) is 0.744. The second-order valence-electron chi connectivity index (χ2n) is 8.22. The largest absolute Gasteiger partial charge is 0.345 e. The second kappa shape index (κ2) is 6.21. The van der Waals surface area contributed by atoms with Gasteiger partial charge in [-0.25, -0.2) is 9.78 Å². The van der Waals surface area contributed by atoms with E-state index < -0.39 is 0 Å². The van der Waals surface area contributed by atoms with Crippen molar-refractivity contribution in [3.63, 3.8) is 0 Å². The summed E-state index contributed by atoms with van der Waals surface area (Å²) in [6, 6.07) is 2.42. The molecular formula is C19H25N7O. The van der Waals surface area contributed by atoms with Crippen molar-refractivity contribution in [1.29, 1.82) is 0 Å². The zero-order chi connectivity index (χ0) is 18.5. The van der Waals surface area contributed by atoms with Gasteiger partial charge in [0.25, 0.3) is 0 Å². The van der Waals surface area contributed by atoms with Crippen LogP contribution in [0.3, 0.4) is 0 Å². The van der Waals surface area contributed by atoms with Crippen molar-refractivity contribution in [1.82, 2.24) is 34.8 Å². The molecule has 2 aliphatic rings. The van der Waals surface area contributed by atoms with Crippen molar-refractivity contribution in [2.75, 3.05) is 13.1 Å². The number of aromatic amines is 1. The van der Waals surface area contributed by atoms with Crippen LogP contribution < -0.4 is 5.32 Å². The monoisotopic (exact) mass is 367 g/mol. The molecule has 1 aliphatic carbocycles. The lowest BCUT2D eigenvalue weighted by Gasteiger charge is -2.29. The minimum Gasteiger partial charge on any atom is -0.345 e. The Balaban J connectivity index is 1.50. The molecule has 2 N–H and O–H groups in total. The van der Waals surface area contributed by atoms with E-state index in [1.54, 1.807) is 6.20 Å². The summed E-state index contributed by atoms with van der Waals surface area (Å²) in [4.78, 5) is 22.2. The molecule has 1 saturated carbocycles. The lowest BCUT2D eigenvalue weighted by molar-refractivity contribution is 0.193. The number of fused-ring (bicyclic) bond motifs is 3. The second-order valence-corrected chi connectivity index (χ2v) is 8.22. The van der Waals surface area contributed by atoms with Crippen molar-refractivity contribution < 1.29 is 4.79 Å². The summed E-state index contributed by atoms with van der Waals surface area (Å²) in [5.74, 6) is 1.89. The molecule has 142 valence electrons. The Morgan fingerprint density at radius 2 is 2.15 bits per heavy atom. The maximum Gasteiger partial charge on any atom is 0.317 e. The van der Waals surface area contributed by atoms with E-state index in [0.717, 1.165) is 42.0 Å². The molecule has 3 aromatic heterocycles. The van der Waals surface area contributed by atoms with E-state index in [2.05, 4.69) is 43.7 Å². The standard InChI is InChI=1S/C19H25N7O/c1-11(2)13-9-25(19(27)22-12-4-3-5-12)10-14(13)18-24-23-16-8-21-17-15(26(16)18)6-7-20-17/h6-8,11-14,20H,3-5,9-10H2,1-2H3,(H,22,27)/t13?,14-/m0/s1. The van der Waals surface area contributed by atoms with Gasteiger partial charge in [0.1, 0.15) is 5.82 Å². The summed E-state index contributed by atoms with van der Waals surface area (Å²) in [5.41, 5.74) is 2.55. The van der Waals surface area contributed by atoms with Crippen molar-refractivity contribution in [3.8, 4) is 0 Å². The first-order chi connectivity index (χ1) is 13.1. The molecule has 0 radical (unpaired) electrons. The van der Waals surface area contributed by atoms with E-state index in [1.165, 1.54) is 6.42 Å². The van der Waals surface area contributed by atoms with Gasteiger partial charge in [-0.1, -0.05) is 13.8 Å². The molecule has 8 heteroatoms. The number of nitrogens with one attached hydrogen (secondary N) is 2. The van der Waals surface area contributed by atoms with Crippen LogP contribution in [-0.2, 0) is 0 Å². The van der Waals surface area contributed by atoms with Crippen LogP contribution >= 0.6 is 0 Å². The number of urea groups is 1. The first kappa shape index (κ1) is 16.5. The van der Waals surface area contributed by atoms with Gasteiger partial charge in [0.05, 0.1) is 11.7 Å². The molecule has 2 atom stereocenters. The Kier molecular flexibility index (Phi) is 3.80. The molecule has 27 heavy (non-hydrogen) atoms. The summed E-state index contributed by atoms with van der Waals surface area (Å²) in [6.45, 7) is 5.89. The molecular weight excluding hydrogens is 342 g/mol. The number of hydrogen-bond donors (Lipinski definition) is 2. The normalized spacial score (nSPS) is 23.4. The predicted molar refractivity (Wildman–Crippen MR) is 101 cm³/mol. The van der Waals surface area contributed by atoms with Gasteiger partial charge in [0.2, 0.25) is 0 Å². The van der Waals surface area contributed by atoms with Crippen LogP contribution in [0.25, 0.3) is 16.8 Å². The average Bonchev–Trinajstić information content (AvgIpc) is 3.32. The van der Waals surface area contributed by atoms with Gasteiger partial charge in [-0.2, -0.15) is 0 Å². The molecule has 0 bridgehead atoms. The van der Waals surface area contributed by atoms with Gasteiger partial charge < -0.3 is 15.2 Å². The fourth-order valence-electron chi connectivity index (χ4n) is 4.40. The molecule has 5 rings (SSSR count). The number of likely N-dealkylation sites (tertiary alicyclic amines) is 1. The first-order valence-electron chi connectivity index (χ1n) is 9.84. The molecule has 1 saturated heterocycles. The van der Waals surface area contributed by atoms with E-state index >= 15 is 0 Å². The van der Waals surface area contributed by atoms with E-state index in [4.69, 9.17) is 0 Å². The van der Waals surface area contributed by atoms with Gasteiger partial charge in [-0.15, -0.1) is 10.2 Å². The Bertz CT molecular complexity index is 986. The zero-order valence-corrected chi connectivity index (χ0v) is 15.7. The number of aromatic nitrogens is 5. The Hall–Kier alpha value is -2.64. The number of carbonyl (C=O) groups excluding carboxylic acids is 1. The number of hydrogen-bond acceptors (Lipinski definition) is 4. The fraction of sp³-hybridized carbons (Fsp3) is 0.579. The highest BCUT2D eigenvalue weighted by atomic mass is 16.2. The van der Waals surface area contributed by atoms with Crippen LogP contribution in [0, 0.1) is 11.8 Å². The smallest absolute Gasteiger partial charge is 0.317 e. The highest BCUT2D eigenvalue weighted by molar-refractivity contribution is 5.76. The Morgan fingerprint density at radius 3 is 2.89 bits per heavy atom. The van der Waals surface area contributed by atoms with Crippen LogP contribution in [0.5, 0.6) is 0 Å². The third kappa shape index (κ3) is 2.65. The van der Waals surface area contributed by atoms with Gasteiger partial charge in [-0.3, -0.25) is 4.40 Å². The van der Waals surface area contributed by atoms with Crippen LogP contribution in [0.15, 0.2) is 18.5 Å². The predicted octanol–water partition coefficient (Wildman–Crippen LogP) is 2.54. The highest BCUT2D eigenvalue weighted by Gasteiger charge is 2.41. The third-order valence-corrected chi connectivity index (χ3v) is 6.24. The van der Waals surface area contributed by atoms with Gasteiger partial charge in [0.15, 0.2) is 11.3 Å². The van der Waals surface area contributed by atoms with Crippen molar-refractivity contribution >= 4 is 22.8 Å². The van der Waals surface area contributed by atoms with E-state index in [1.807, 2.05) is 17.2 Å². The number of rotatable bonds is 3. The van der Waals surface area contributed by atoms with Crippen LogP contribution in [0.2, 0.25) is 0 Å². The third-order valence-electron chi connectivity index (χ3n) is 6.24. The maximum atomic E-state index is 12.7. The lowest BCUT2D eigenvalue weighted by atomic mass is 9.85. The molecule has 1 unspecified atom stereocenters. The molecule has 0 aromatic carbocycles. The molecule has 0 spiro atoms. The van der Waals surface area contributed by atoms with Crippen LogP contribution in [0.4, 0.5) is 4.79 Å². The summed E-state index contributed by atoms with van der Waals surface area (Å²) >= 11 is 0. The van der Waals surface area contributed by atoms with Gasteiger partial charge in [0, 0.05) is 31.2 Å². The lowest BCUT2D eigenvalue weighted by Crippen LogP contribution is -2.46. The fourth-order valence-corrected chi connectivity index (χ4v) is 4.40. The van der Waals surface area contributed by atoms with E-state index in [0.29, 0.717) is 24.4 Å². The minimum atomic E-state index is 0.0649. The minimum absolute atomic E-state index is 0.0649. The van der Waals surface area contributed by atoms with E-state index in [-0.39, 0.29) is 11.9 Å². The summed E-state index contributed by atoms with van der Waals surface area (Å²) in [5, 5.41) is 12.0. The Labute approximate surface area is 157 Å². The number of H-pyrrole nitrogens is 1. The molecule has 3 aromatic rings. The van der Waals surface area contributed by atoms with Crippen LogP contribution in [-0.4, -0.2) is 54.6 Å². The molecule has 8 nitrogen and oxygen atoms in total. The van der Waals surface area contributed by atoms with Gasteiger partial charge >= 0.3 is 6.03 Å². The SMILES string of the molecule is CC(C)C1CN(C(=O)NC2CCC2)C[C@@H]1c1nnc2cnc3[nH]ccc3n12. The van der Waals surface area contributed by atoms with E-state index in [9.17, 15) is 4.79 Å².